The first-order valence-corrected chi connectivity index (χ1v) is 10.9. The molecule has 0 unspecified atom stereocenters. The van der Waals surface area contributed by atoms with E-state index in [4.69, 9.17) is 5.73 Å². The average molecular weight is 412 g/mol. The summed E-state index contributed by atoms with van der Waals surface area (Å²) < 4.78 is 58.1. The third-order valence-electron chi connectivity index (χ3n) is 3.81. The van der Waals surface area contributed by atoms with Crippen molar-refractivity contribution in [2.75, 3.05) is 11.1 Å². The Bertz CT molecular complexity index is 1090. The van der Waals surface area contributed by atoms with E-state index in [-0.39, 0.29) is 39.1 Å². The van der Waals surface area contributed by atoms with Crippen molar-refractivity contribution in [1.29, 1.82) is 0 Å². The van der Waals surface area contributed by atoms with E-state index in [2.05, 4.69) is 5.32 Å². The van der Waals surface area contributed by atoms with Crippen molar-refractivity contribution in [2.45, 2.75) is 41.4 Å². The van der Waals surface area contributed by atoms with E-state index in [0.29, 0.717) is 6.42 Å². The number of anilines is 2. The van der Waals surface area contributed by atoms with E-state index in [1.165, 1.54) is 37.3 Å². The number of aryl methyl sites for hydroxylation is 1. The van der Waals surface area contributed by atoms with Crippen molar-refractivity contribution in [2.24, 2.45) is 0 Å². The Morgan fingerprint density at radius 3 is 2.33 bits per heavy atom. The van der Waals surface area contributed by atoms with E-state index in [0.717, 1.165) is 6.07 Å². The molecule has 2 aromatic rings. The van der Waals surface area contributed by atoms with Crippen LogP contribution in [0, 0.1) is 6.92 Å². The van der Waals surface area contributed by atoms with Gasteiger partial charge in [-0.2, -0.15) is 8.42 Å². The Balaban J connectivity index is 2.55. The predicted octanol–water partition coefficient (Wildman–Crippen LogP) is 2.40. The molecule has 27 heavy (non-hydrogen) atoms. The van der Waals surface area contributed by atoms with Gasteiger partial charge in [-0.05, 0) is 49.2 Å². The number of rotatable bonds is 6. The van der Waals surface area contributed by atoms with Gasteiger partial charge in [0.25, 0.3) is 10.1 Å². The van der Waals surface area contributed by atoms with Crippen LogP contribution in [-0.4, -0.2) is 27.3 Å². The number of sulfone groups is 1. The quantitative estimate of drug-likeness (QED) is 0.488. The summed E-state index contributed by atoms with van der Waals surface area (Å²) in [5.41, 5.74) is 6.19. The van der Waals surface area contributed by atoms with E-state index in [9.17, 15) is 26.2 Å². The van der Waals surface area contributed by atoms with E-state index >= 15 is 0 Å². The SMILES string of the molecule is CCCC(=O)Nc1ccc(N)c(S(=O)(=O)c2ccc(C)c(S(=O)(=O)O)c2)c1. The lowest BCUT2D eigenvalue weighted by atomic mass is 10.2. The highest BCUT2D eigenvalue weighted by Gasteiger charge is 2.24. The lowest BCUT2D eigenvalue weighted by Gasteiger charge is -2.12. The van der Waals surface area contributed by atoms with Crippen molar-refractivity contribution in [3.63, 3.8) is 0 Å². The van der Waals surface area contributed by atoms with Gasteiger partial charge in [-0.1, -0.05) is 13.0 Å². The molecule has 0 aliphatic rings. The molecular weight excluding hydrogens is 392 g/mol. The van der Waals surface area contributed by atoms with Gasteiger partial charge in [0.1, 0.15) is 0 Å². The number of nitrogens with one attached hydrogen (secondary N) is 1. The van der Waals surface area contributed by atoms with Gasteiger partial charge in [0.15, 0.2) is 0 Å². The van der Waals surface area contributed by atoms with Crippen LogP contribution >= 0.6 is 0 Å². The highest BCUT2D eigenvalue weighted by molar-refractivity contribution is 7.91. The second-order valence-corrected chi connectivity index (χ2v) is 9.26. The molecule has 0 aromatic heterocycles. The van der Waals surface area contributed by atoms with Crippen LogP contribution in [0.1, 0.15) is 25.3 Å². The molecule has 0 aliphatic heterocycles. The fraction of sp³-hybridized carbons (Fsp3) is 0.235. The van der Waals surface area contributed by atoms with Crippen LogP contribution in [0.2, 0.25) is 0 Å². The number of carbonyl (C=O) groups is 1. The molecule has 0 radical (unpaired) electrons. The van der Waals surface area contributed by atoms with Crippen molar-refractivity contribution >= 4 is 37.2 Å². The summed E-state index contributed by atoms with van der Waals surface area (Å²) in [6, 6.07) is 7.40. The standard InChI is InChI=1S/C17H20N2O6S2/c1-3-4-17(20)19-12-6-8-14(18)16(9-12)26(21,22)13-7-5-11(2)15(10-13)27(23,24)25/h5-10H,3-4,18H2,1-2H3,(H,19,20)(H,23,24,25). The molecule has 0 saturated heterocycles. The molecule has 0 bridgehead atoms. The van der Waals surface area contributed by atoms with Crippen LogP contribution in [0.3, 0.4) is 0 Å². The monoisotopic (exact) mass is 412 g/mol. The molecule has 2 aromatic carbocycles. The summed E-state index contributed by atoms with van der Waals surface area (Å²) in [6.45, 7) is 3.26. The molecule has 146 valence electrons. The number of carbonyl (C=O) groups excluding carboxylic acids is 1. The van der Waals surface area contributed by atoms with Gasteiger partial charge in [-0.25, -0.2) is 8.42 Å². The summed E-state index contributed by atoms with van der Waals surface area (Å²) in [5, 5.41) is 2.58. The van der Waals surface area contributed by atoms with Crippen LogP contribution in [0.15, 0.2) is 51.1 Å². The minimum Gasteiger partial charge on any atom is -0.398 e. The van der Waals surface area contributed by atoms with Gasteiger partial charge >= 0.3 is 0 Å². The minimum absolute atomic E-state index is 0.0579. The Hall–Kier alpha value is -2.43. The molecule has 0 atom stereocenters. The third-order valence-corrected chi connectivity index (χ3v) is 6.61. The first-order chi connectivity index (χ1) is 12.5. The summed E-state index contributed by atoms with van der Waals surface area (Å²) in [7, 11) is -8.78. The smallest absolute Gasteiger partial charge is 0.294 e. The first kappa shape index (κ1) is 20.9. The normalized spacial score (nSPS) is 12.0. The molecule has 8 nitrogen and oxygen atoms in total. The molecule has 2 rings (SSSR count). The second kappa shape index (κ2) is 7.67. The predicted molar refractivity (Wildman–Crippen MR) is 101 cm³/mol. The topological polar surface area (TPSA) is 144 Å². The Labute approximate surface area is 158 Å². The minimum atomic E-state index is -4.59. The van der Waals surface area contributed by atoms with Crippen molar-refractivity contribution in [3.05, 3.63) is 42.0 Å². The largest absolute Gasteiger partial charge is 0.398 e. The second-order valence-electron chi connectivity index (χ2n) is 5.96. The lowest BCUT2D eigenvalue weighted by Crippen LogP contribution is -2.12. The van der Waals surface area contributed by atoms with Crippen molar-refractivity contribution in [1.82, 2.24) is 0 Å². The summed E-state index contributed by atoms with van der Waals surface area (Å²) in [4.78, 5) is 10.6. The fourth-order valence-corrected chi connectivity index (χ4v) is 4.71. The molecule has 0 fully saturated rings. The highest BCUT2D eigenvalue weighted by Crippen LogP contribution is 2.30. The Morgan fingerprint density at radius 1 is 1.07 bits per heavy atom. The van der Waals surface area contributed by atoms with Crippen molar-refractivity contribution in [3.8, 4) is 0 Å². The molecule has 0 saturated carbocycles. The van der Waals surface area contributed by atoms with Crippen LogP contribution in [0.4, 0.5) is 11.4 Å². The van der Waals surface area contributed by atoms with E-state index < -0.39 is 24.9 Å². The number of amides is 1. The Kier molecular flexibility index (Phi) is 5.93. The maximum Gasteiger partial charge on any atom is 0.294 e. The molecule has 0 spiro atoms. The molecule has 0 aliphatic carbocycles. The number of hydrogen-bond donors (Lipinski definition) is 3. The first-order valence-electron chi connectivity index (χ1n) is 7.99. The summed E-state index contributed by atoms with van der Waals surface area (Å²) >= 11 is 0. The molecular formula is C17H20N2O6S2. The fourth-order valence-electron chi connectivity index (χ4n) is 2.45. The highest BCUT2D eigenvalue weighted by atomic mass is 32.2. The zero-order valence-electron chi connectivity index (χ0n) is 14.8. The maximum atomic E-state index is 12.9. The summed E-state index contributed by atoms with van der Waals surface area (Å²) in [5.74, 6) is -0.269. The Morgan fingerprint density at radius 2 is 1.74 bits per heavy atom. The van der Waals surface area contributed by atoms with Gasteiger partial charge in [0.2, 0.25) is 15.7 Å². The van der Waals surface area contributed by atoms with Gasteiger partial charge in [0.05, 0.1) is 20.4 Å². The zero-order valence-corrected chi connectivity index (χ0v) is 16.4. The van der Waals surface area contributed by atoms with Crippen LogP contribution < -0.4 is 11.1 Å². The maximum absolute atomic E-state index is 12.9. The molecule has 4 N–H and O–H groups in total. The molecule has 1 amide bonds. The average Bonchev–Trinajstić information content (AvgIpc) is 2.55. The number of hydrogen-bond acceptors (Lipinski definition) is 6. The van der Waals surface area contributed by atoms with Gasteiger partial charge in [-0.3, -0.25) is 9.35 Å². The number of nitrogen functional groups attached to an aromatic ring is 1. The zero-order chi connectivity index (χ0) is 20.4. The number of benzene rings is 2. The van der Waals surface area contributed by atoms with Gasteiger partial charge in [-0.15, -0.1) is 0 Å². The summed E-state index contributed by atoms with van der Waals surface area (Å²) in [6.07, 6.45) is 0.913. The molecule has 10 heteroatoms. The van der Waals surface area contributed by atoms with Crippen molar-refractivity contribution < 1.29 is 26.2 Å². The van der Waals surface area contributed by atoms with Gasteiger partial charge < -0.3 is 11.1 Å². The third kappa shape index (κ3) is 4.65. The van der Waals surface area contributed by atoms with Crippen LogP contribution in [-0.2, 0) is 24.7 Å². The van der Waals surface area contributed by atoms with E-state index in [1.807, 2.05) is 6.92 Å². The van der Waals surface area contributed by atoms with Crippen LogP contribution in [0.25, 0.3) is 0 Å². The van der Waals surface area contributed by atoms with Crippen LogP contribution in [0.5, 0.6) is 0 Å². The lowest BCUT2D eigenvalue weighted by molar-refractivity contribution is -0.116. The number of nitrogens with two attached hydrogens (primary N) is 1. The van der Waals surface area contributed by atoms with E-state index in [1.54, 1.807) is 0 Å². The molecule has 0 heterocycles. The van der Waals surface area contributed by atoms with Gasteiger partial charge in [0, 0.05) is 12.1 Å².